The van der Waals surface area contributed by atoms with Crippen LogP contribution >= 0.6 is 0 Å². The maximum Gasteiger partial charge on any atom is 0.251 e. The van der Waals surface area contributed by atoms with E-state index in [2.05, 4.69) is 59.4 Å². The average Bonchev–Trinajstić information content (AvgIpc) is 3.20. The van der Waals surface area contributed by atoms with E-state index in [9.17, 15) is 9.90 Å². The predicted molar refractivity (Wildman–Crippen MR) is 121 cm³/mol. The van der Waals surface area contributed by atoms with E-state index in [-0.39, 0.29) is 18.1 Å². The number of hydrogen-bond acceptors (Lipinski definition) is 4. The predicted octanol–water partition coefficient (Wildman–Crippen LogP) is 3.32. The fraction of sp³-hybridized carbons (Fsp3) is 0.480. The summed E-state index contributed by atoms with van der Waals surface area (Å²) in [5.41, 5.74) is 2.02. The number of carbonyl (C=O) groups is 1. The summed E-state index contributed by atoms with van der Waals surface area (Å²) in [5.74, 6) is -0.00800. The van der Waals surface area contributed by atoms with E-state index in [1.165, 1.54) is 5.56 Å². The summed E-state index contributed by atoms with van der Waals surface area (Å²) >= 11 is 0. The number of carbonyl (C=O) groups excluding carboxylic acids is 1. The molecule has 0 aromatic heterocycles. The molecule has 2 aromatic rings. The molecule has 1 saturated heterocycles. The van der Waals surface area contributed by atoms with Crippen molar-refractivity contribution in [1.29, 1.82) is 0 Å². The molecule has 1 heterocycles. The fourth-order valence-corrected chi connectivity index (χ4v) is 4.17. The number of aliphatic hydroxyl groups is 1. The summed E-state index contributed by atoms with van der Waals surface area (Å²) in [5, 5.41) is 12.9. The van der Waals surface area contributed by atoms with Gasteiger partial charge in [-0.2, -0.15) is 0 Å². The Hall–Kier alpha value is -2.21. The first-order valence-electron chi connectivity index (χ1n) is 11.0. The molecule has 1 amide bonds. The molecule has 0 bridgehead atoms. The van der Waals surface area contributed by atoms with Gasteiger partial charge in [0.2, 0.25) is 0 Å². The van der Waals surface area contributed by atoms with Gasteiger partial charge in [-0.25, -0.2) is 0 Å². The lowest BCUT2D eigenvalue weighted by Crippen LogP contribution is -2.40. The molecule has 0 spiro atoms. The molecule has 5 heteroatoms. The zero-order valence-corrected chi connectivity index (χ0v) is 18.2. The minimum absolute atomic E-state index is 0.00800. The normalized spacial score (nSPS) is 19.0. The minimum atomic E-state index is -0.197. The number of β-amino-alcohol motifs (C(OH)–C–C–N with tert-alkyl or cyclic N) is 1. The van der Waals surface area contributed by atoms with Crippen molar-refractivity contribution in [2.24, 2.45) is 0 Å². The van der Waals surface area contributed by atoms with E-state index in [1.54, 1.807) is 0 Å². The maximum atomic E-state index is 12.2. The van der Waals surface area contributed by atoms with Crippen LogP contribution in [0.5, 0.6) is 0 Å². The molecule has 0 radical (unpaired) electrons. The van der Waals surface area contributed by atoms with Crippen LogP contribution in [0.2, 0.25) is 0 Å². The molecule has 2 aromatic carbocycles. The zero-order valence-electron chi connectivity index (χ0n) is 18.2. The summed E-state index contributed by atoms with van der Waals surface area (Å²) in [4.78, 5) is 17.0. The highest BCUT2D eigenvalue weighted by Crippen LogP contribution is 2.25. The highest BCUT2D eigenvalue weighted by atomic mass is 16.3. The van der Waals surface area contributed by atoms with Crippen LogP contribution in [0.25, 0.3) is 0 Å². The highest BCUT2D eigenvalue weighted by Gasteiger charge is 2.27. The first-order chi connectivity index (χ1) is 14.5. The van der Waals surface area contributed by atoms with E-state index in [0.29, 0.717) is 18.2 Å². The second-order valence-electron chi connectivity index (χ2n) is 8.41. The Kier molecular flexibility index (Phi) is 8.43. The summed E-state index contributed by atoms with van der Waals surface area (Å²) in [6.45, 7) is 5.58. The van der Waals surface area contributed by atoms with Crippen molar-refractivity contribution >= 4 is 5.91 Å². The van der Waals surface area contributed by atoms with Gasteiger partial charge in [0.1, 0.15) is 0 Å². The molecule has 30 heavy (non-hydrogen) atoms. The van der Waals surface area contributed by atoms with Crippen molar-refractivity contribution in [2.75, 3.05) is 33.2 Å². The lowest BCUT2D eigenvalue weighted by atomic mass is 10.0. The standard InChI is InChI=1S/C25H35N3O2/c1-20(10-9-16-26-25(30)22-13-7-4-8-14-22)27(2)24(21-11-5-3-6-12-21)19-28-17-15-23(29)18-28/h3-8,11-14,20,23-24,29H,9-10,15-19H2,1-2H3,(H,26,30)/t20?,23-,24+/m0/s1. The number of nitrogens with one attached hydrogen (secondary N) is 1. The van der Waals surface area contributed by atoms with Gasteiger partial charge in [0.15, 0.2) is 0 Å². The van der Waals surface area contributed by atoms with E-state index in [4.69, 9.17) is 0 Å². The van der Waals surface area contributed by atoms with Gasteiger partial charge in [-0.3, -0.25) is 14.6 Å². The first kappa shape index (κ1) is 22.5. The van der Waals surface area contributed by atoms with Crippen LogP contribution < -0.4 is 5.32 Å². The molecule has 2 N–H and O–H groups in total. The van der Waals surface area contributed by atoms with E-state index in [0.717, 1.165) is 38.9 Å². The lowest BCUT2D eigenvalue weighted by molar-refractivity contribution is 0.0948. The second kappa shape index (κ2) is 11.3. The quantitative estimate of drug-likeness (QED) is 0.591. The van der Waals surface area contributed by atoms with Crippen molar-refractivity contribution in [3.05, 3.63) is 71.8 Å². The van der Waals surface area contributed by atoms with Crippen LogP contribution in [-0.2, 0) is 0 Å². The second-order valence-corrected chi connectivity index (χ2v) is 8.41. The third kappa shape index (κ3) is 6.39. The minimum Gasteiger partial charge on any atom is -0.392 e. The monoisotopic (exact) mass is 409 g/mol. The first-order valence-corrected chi connectivity index (χ1v) is 11.0. The van der Waals surface area contributed by atoms with Crippen molar-refractivity contribution < 1.29 is 9.90 Å². The Bertz CT molecular complexity index is 768. The Morgan fingerprint density at radius 1 is 1.17 bits per heavy atom. The number of benzene rings is 2. The Morgan fingerprint density at radius 3 is 2.47 bits per heavy atom. The van der Waals surface area contributed by atoms with Gasteiger partial charge in [0.05, 0.1) is 6.10 Å². The third-order valence-electron chi connectivity index (χ3n) is 6.17. The molecular weight excluding hydrogens is 374 g/mol. The largest absolute Gasteiger partial charge is 0.392 e. The molecule has 0 aliphatic carbocycles. The van der Waals surface area contributed by atoms with Gasteiger partial charge in [-0.1, -0.05) is 48.5 Å². The van der Waals surface area contributed by atoms with Crippen LogP contribution in [0.4, 0.5) is 0 Å². The Balaban J connectivity index is 1.51. The number of amides is 1. The number of likely N-dealkylation sites (tertiary alicyclic amines) is 1. The van der Waals surface area contributed by atoms with Gasteiger partial charge in [-0.05, 0) is 50.9 Å². The molecule has 0 saturated carbocycles. The smallest absolute Gasteiger partial charge is 0.251 e. The molecular formula is C25H35N3O2. The number of likely N-dealkylation sites (N-methyl/N-ethyl adjacent to an activating group) is 1. The van der Waals surface area contributed by atoms with E-state index in [1.807, 2.05) is 30.3 Å². The van der Waals surface area contributed by atoms with Gasteiger partial charge in [0, 0.05) is 43.8 Å². The van der Waals surface area contributed by atoms with Crippen molar-refractivity contribution in [3.8, 4) is 0 Å². The number of aliphatic hydroxyl groups excluding tert-OH is 1. The lowest BCUT2D eigenvalue weighted by Gasteiger charge is -2.36. The topological polar surface area (TPSA) is 55.8 Å². The average molecular weight is 410 g/mol. The SMILES string of the molecule is CC(CCCNC(=O)c1ccccc1)N(C)[C@H](CN1CC[C@H](O)C1)c1ccccc1. The van der Waals surface area contributed by atoms with Gasteiger partial charge < -0.3 is 10.4 Å². The molecule has 162 valence electrons. The summed E-state index contributed by atoms with van der Waals surface area (Å²) < 4.78 is 0. The highest BCUT2D eigenvalue weighted by molar-refractivity contribution is 5.94. The van der Waals surface area contributed by atoms with Crippen molar-refractivity contribution in [3.63, 3.8) is 0 Å². The van der Waals surface area contributed by atoms with E-state index < -0.39 is 0 Å². The number of hydrogen-bond donors (Lipinski definition) is 2. The summed E-state index contributed by atoms with van der Waals surface area (Å²) in [6.07, 6.45) is 2.62. The maximum absolute atomic E-state index is 12.2. The van der Waals surface area contributed by atoms with Crippen LogP contribution in [0.15, 0.2) is 60.7 Å². The van der Waals surface area contributed by atoms with Crippen LogP contribution in [0.3, 0.4) is 0 Å². The van der Waals surface area contributed by atoms with Crippen molar-refractivity contribution in [2.45, 2.75) is 44.4 Å². The molecule has 1 aliphatic heterocycles. The molecule has 1 fully saturated rings. The molecule has 3 atom stereocenters. The summed E-state index contributed by atoms with van der Waals surface area (Å²) in [6, 6.07) is 20.7. The summed E-state index contributed by atoms with van der Waals surface area (Å²) in [7, 11) is 2.19. The zero-order chi connectivity index (χ0) is 21.3. The fourth-order valence-electron chi connectivity index (χ4n) is 4.17. The van der Waals surface area contributed by atoms with E-state index >= 15 is 0 Å². The van der Waals surface area contributed by atoms with Gasteiger partial charge >= 0.3 is 0 Å². The molecule has 1 unspecified atom stereocenters. The van der Waals surface area contributed by atoms with Crippen LogP contribution in [-0.4, -0.2) is 66.2 Å². The number of nitrogens with zero attached hydrogens (tertiary/aromatic N) is 2. The van der Waals surface area contributed by atoms with Crippen molar-refractivity contribution in [1.82, 2.24) is 15.1 Å². The Morgan fingerprint density at radius 2 is 1.83 bits per heavy atom. The molecule has 1 aliphatic rings. The van der Waals surface area contributed by atoms with Gasteiger partial charge in [0.25, 0.3) is 5.91 Å². The number of rotatable bonds is 10. The third-order valence-corrected chi connectivity index (χ3v) is 6.17. The van der Waals surface area contributed by atoms with Gasteiger partial charge in [-0.15, -0.1) is 0 Å². The molecule has 3 rings (SSSR count). The molecule has 5 nitrogen and oxygen atoms in total. The van der Waals surface area contributed by atoms with Crippen LogP contribution in [0.1, 0.15) is 48.1 Å². The Labute approximate surface area is 180 Å². The van der Waals surface area contributed by atoms with Crippen LogP contribution in [0, 0.1) is 0 Å².